The summed E-state index contributed by atoms with van der Waals surface area (Å²) >= 11 is 0. The summed E-state index contributed by atoms with van der Waals surface area (Å²) in [5, 5.41) is 10.3. The van der Waals surface area contributed by atoms with E-state index in [1.54, 1.807) is 0 Å². The molecule has 0 atom stereocenters. The van der Waals surface area contributed by atoms with Gasteiger partial charge in [-0.2, -0.15) is 0 Å². The molecule has 1 aromatic rings. The van der Waals surface area contributed by atoms with Gasteiger partial charge in [0.15, 0.2) is 0 Å². The van der Waals surface area contributed by atoms with Gasteiger partial charge in [-0.15, -0.1) is 0 Å². The molecule has 0 unspecified atom stereocenters. The number of nitrogens with zero attached hydrogens (tertiary/aromatic N) is 1. The van der Waals surface area contributed by atoms with Gasteiger partial charge in [0.25, 0.3) is 5.69 Å². The molecule has 0 saturated carbocycles. The van der Waals surface area contributed by atoms with Gasteiger partial charge in [0.2, 0.25) is 0 Å². The maximum absolute atomic E-state index is 10.6. The Labute approximate surface area is 128 Å². The minimum absolute atomic E-state index is 0. The number of nitro benzene ring substituents is 1. The van der Waals surface area contributed by atoms with Crippen LogP contribution < -0.4 is 57.1 Å². The summed E-state index contributed by atoms with van der Waals surface area (Å²) in [5.74, 6) is 0. The van der Waals surface area contributed by atoms with E-state index >= 15 is 0 Å². The Morgan fingerprint density at radius 1 is 1.33 bits per heavy atom. The van der Waals surface area contributed by atoms with Gasteiger partial charge in [-0.3, -0.25) is 10.1 Å². The van der Waals surface area contributed by atoms with Gasteiger partial charge in [0.05, 0.1) is 4.92 Å². The summed E-state index contributed by atoms with van der Waals surface area (Å²) in [5.41, 5.74) is 4.41. The molecule has 0 aromatic heterocycles. The topological polar surface area (TPSA) is 126 Å². The average Bonchev–Trinajstić information content (AvgIpc) is 2.01. The Bertz CT molecular complexity index is 486. The van der Waals surface area contributed by atoms with E-state index in [2.05, 4.69) is 0 Å². The van der Waals surface area contributed by atoms with Crippen molar-refractivity contribution in [1.29, 1.82) is 0 Å². The quantitative estimate of drug-likeness (QED) is 0.199. The van der Waals surface area contributed by atoms with Crippen molar-refractivity contribution >= 4 is 21.5 Å². The van der Waals surface area contributed by atoms with E-state index in [4.69, 9.17) is 5.73 Å². The molecule has 15 heavy (non-hydrogen) atoms. The van der Waals surface area contributed by atoms with E-state index < -0.39 is 25.6 Å². The molecule has 0 radical (unpaired) electrons. The van der Waals surface area contributed by atoms with E-state index in [1.165, 1.54) is 0 Å². The third-order valence-corrected chi connectivity index (χ3v) is 2.32. The van der Waals surface area contributed by atoms with Crippen LogP contribution in [0.2, 0.25) is 0 Å². The van der Waals surface area contributed by atoms with Gasteiger partial charge in [-0.05, 0) is 12.1 Å². The molecule has 0 fully saturated rings. The molecule has 9 heteroatoms. The Morgan fingerprint density at radius 2 is 1.87 bits per heavy atom. The number of hydrogen-bond acceptors (Lipinski definition) is 6. The number of rotatable bonds is 2. The van der Waals surface area contributed by atoms with Crippen molar-refractivity contribution in [3.63, 3.8) is 0 Å². The number of benzene rings is 1. The van der Waals surface area contributed by atoms with Crippen molar-refractivity contribution in [3.8, 4) is 0 Å². The van der Waals surface area contributed by atoms with Crippen LogP contribution in [0.4, 0.5) is 11.4 Å². The second kappa shape index (κ2) is 5.34. The molecular formula is C6H5KN2O5S. The zero-order valence-electron chi connectivity index (χ0n) is 7.71. The predicted octanol–water partition coefficient (Wildman–Crippen LogP) is -2.91. The first-order chi connectivity index (χ1) is 6.32. The normalized spacial score (nSPS) is 10.5. The molecular weight excluding hydrogens is 251 g/mol. The molecule has 0 heterocycles. The van der Waals surface area contributed by atoms with Crippen LogP contribution in [0.5, 0.6) is 0 Å². The molecule has 0 aliphatic heterocycles. The van der Waals surface area contributed by atoms with E-state index in [0.29, 0.717) is 0 Å². The van der Waals surface area contributed by atoms with Gasteiger partial charge in [0.1, 0.15) is 15.0 Å². The van der Waals surface area contributed by atoms with Gasteiger partial charge in [-0.1, -0.05) is 0 Å². The third-order valence-electron chi connectivity index (χ3n) is 1.45. The van der Waals surface area contributed by atoms with Crippen LogP contribution in [-0.2, 0) is 10.1 Å². The number of nitro groups is 1. The van der Waals surface area contributed by atoms with E-state index in [1.807, 2.05) is 0 Å². The molecule has 1 rings (SSSR count). The largest absolute Gasteiger partial charge is 1.00 e. The smallest absolute Gasteiger partial charge is 0.744 e. The molecule has 76 valence electrons. The maximum Gasteiger partial charge on any atom is 1.00 e. The Balaban J connectivity index is 0.00000196. The molecule has 2 N–H and O–H groups in total. The summed E-state index contributed by atoms with van der Waals surface area (Å²) in [4.78, 5) is 8.47. The van der Waals surface area contributed by atoms with Gasteiger partial charge in [0, 0.05) is 11.8 Å². The minimum Gasteiger partial charge on any atom is -0.744 e. The van der Waals surface area contributed by atoms with Crippen LogP contribution in [0.3, 0.4) is 0 Å². The van der Waals surface area contributed by atoms with Crippen LogP contribution in [0.1, 0.15) is 0 Å². The van der Waals surface area contributed by atoms with Crippen molar-refractivity contribution in [3.05, 3.63) is 28.3 Å². The summed E-state index contributed by atoms with van der Waals surface area (Å²) in [6.45, 7) is 0. The monoisotopic (exact) mass is 256 g/mol. The second-order valence-corrected chi connectivity index (χ2v) is 3.79. The number of nitrogen functional groups attached to an aromatic ring is 1. The molecule has 0 aliphatic rings. The van der Waals surface area contributed by atoms with Crippen molar-refractivity contribution in [1.82, 2.24) is 0 Å². The van der Waals surface area contributed by atoms with Gasteiger partial charge < -0.3 is 10.3 Å². The predicted molar refractivity (Wildman–Crippen MR) is 45.5 cm³/mol. The van der Waals surface area contributed by atoms with E-state index in [0.717, 1.165) is 18.2 Å². The third kappa shape index (κ3) is 3.79. The molecule has 7 nitrogen and oxygen atoms in total. The van der Waals surface area contributed by atoms with Crippen LogP contribution in [0.15, 0.2) is 23.1 Å². The van der Waals surface area contributed by atoms with Gasteiger partial charge >= 0.3 is 51.4 Å². The fraction of sp³-hybridized carbons (Fsp3) is 0. The maximum atomic E-state index is 10.6. The van der Waals surface area contributed by atoms with Crippen LogP contribution >= 0.6 is 0 Å². The first-order valence-electron chi connectivity index (χ1n) is 3.32. The zero-order valence-corrected chi connectivity index (χ0v) is 11.6. The van der Waals surface area contributed by atoms with Crippen molar-refractivity contribution in [2.45, 2.75) is 4.90 Å². The average molecular weight is 256 g/mol. The fourth-order valence-electron chi connectivity index (χ4n) is 0.882. The molecule has 0 aliphatic carbocycles. The zero-order chi connectivity index (χ0) is 10.9. The molecule has 0 amide bonds. The Morgan fingerprint density at radius 3 is 2.27 bits per heavy atom. The standard InChI is InChI=1S/C6H6N2O5S.K/c7-4-1-2-5(8(9)10)6(3-4)14(11,12)13;/h1-3H,7H2,(H,11,12,13);/q;+1/p-1. The number of anilines is 1. The number of hydrogen-bond donors (Lipinski definition) is 1. The van der Waals surface area contributed by atoms with Crippen LogP contribution in [0, 0.1) is 10.1 Å². The van der Waals surface area contributed by atoms with Crippen LogP contribution in [0.25, 0.3) is 0 Å². The fourth-order valence-corrected chi connectivity index (χ4v) is 1.56. The van der Waals surface area contributed by atoms with E-state index in [9.17, 15) is 23.1 Å². The molecule has 0 saturated heterocycles. The first kappa shape index (κ1) is 15.0. The van der Waals surface area contributed by atoms with Gasteiger partial charge in [-0.25, -0.2) is 8.42 Å². The number of nitrogens with two attached hydrogens (primary N) is 1. The molecule has 1 aromatic carbocycles. The first-order valence-corrected chi connectivity index (χ1v) is 4.73. The summed E-state index contributed by atoms with van der Waals surface area (Å²) in [6.07, 6.45) is 0. The van der Waals surface area contributed by atoms with Crippen molar-refractivity contribution < 1.29 is 69.3 Å². The second-order valence-electron chi connectivity index (χ2n) is 2.44. The summed E-state index contributed by atoms with van der Waals surface area (Å²) < 4.78 is 31.8. The summed E-state index contributed by atoms with van der Waals surface area (Å²) in [6, 6.07) is 2.79. The molecule has 0 spiro atoms. The van der Waals surface area contributed by atoms with Crippen LogP contribution in [-0.4, -0.2) is 17.9 Å². The summed E-state index contributed by atoms with van der Waals surface area (Å²) in [7, 11) is -4.87. The molecule has 0 bridgehead atoms. The van der Waals surface area contributed by atoms with Crippen molar-refractivity contribution in [2.24, 2.45) is 0 Å². The van der Waals surface area contributed by atoms with E-state index in [-0.39, 0.29) is 57.1 Å². The SMILES string of the molecule is Nc1ccc([N+](=O)[O-])c(S(=O)(=O)[O-])c1.[K+]. The Kier molecular flexibility index (Phi) is 5.33. The Hall–Kier alpha value is -0.0336. The minimum atomic E-state index is -4.87. The van der Waals surface area contributed by atoms with Crippen molar-refractivity contribution in [2.75, 3.05) is 5.73 Å².